The van der Waals surface area contributed by atoms with Crippen LogP contribution < -0.4 is 15.9 Å². The second-order valence-electron chi connectivity index (χ2n) is 9.98. The summed E-state index contributed by atoms with van der Waals surface area (Å²) in [4.78, 5) is 17.8. The second-order valence-corrected chi connectivity index (χ2v) is 12.8. The molecule has 39 heavy (non-hydrogen) atoms. The van der Waals surface area contributed by atoms with E-state index in [-0.39, 0.29) is 0 Å². The van der Waals surface area contributed by atoms with Gasteiger partial charge in [-0.1, -0.05) is 78.9 Å². The highest BCUT2D eigenvalue weighted by Crippen LogP contribution is 2.51. The monoisotopic (exact) mass is 519 g/mol. The Kier molecular flexibility index (Phi) is 4.87. The van der Waals surface area contributed by atoms with Crippen molar-refractivity contribution in [2.75, 3.05) is 0 Å². The van der Waals surface area contributed by atoms with E-state index < -0.39 is 7.49 Å². The third kappa shape index (κ3) is 3.21. The first-order valence-electron chi connectivity index (χ1n) is 13.1. The molecule has 0 aliphatic rings. The van der Waals surface area contributed by atoms with Gasteiger partial charge in [-0.3, -0.25) is 4.40 Å². The Bertz CT molecular complexity index is 2150. The topological polar surface area (TPSA) is 37.5 Å². The number of rotatable bonds is 3. The van der Waals surface area contributed by atoms with Gasteiger partial charge in [0.25, 0.3) is 0 Å². The predicted molar refractivity (Wildman–Crippen MR) is 166 cm³/mol. The average Bonchev–Trinajstić information content (AvgIpc) is 3.41. The Morgan fingerprint density at radius 3 is 1.95 bits per heavy atom. The van der Waals surface area contributed by atoms with E-state index in [1.165, 1.54) is 16.2 Å². The molecule has 0 fully saturated rings. The van der Waals surface area contributed by atoms with E-state index in [2.05, 4.69) is 77.2 Å². The van der Waals surface area contributed by atoms with Crippen molar-refractivity contribution < 1.29 is 4.89 Å². The fourth-order valence-electron chi connectivity index (χ4n) is 6.05. The summed E-state index contributed by atoms with van der Waals surface area (Å²) >= 11 is 0. The van der Waals surface area contributed by atoms with Crippen molar-refractivity contribution in [2.24, 2.45) is 0 Å². The number of fused-ring (bicyclic) bond motifs is 10. The lowest BCUT2D eigenvalue weighted by Crippen LogP contribution is -2.30. The quantitative estimate of drug-likeness (QED) is 0.199. The highest BCUT2D eigenvalue weighted by atomic mass is 31.2. The maximum atomic E-state index is 12.7. The summed E-state index contributed by atoms with van der Waals surface area (Å²) in [6.07, 6.45) is 0. The number of pyridine rings is 1. The molecule has 0 bridgehead atoms. The SMILES string of the molecule is O[P+](c1ccccc1)(c1ccccc1)c1ccc2c(c1)c1c3ccccc3ccc1c1nc3ccccc3n21. The molecule has 2 heterocycles. The summed E-state index contributed by atoms with van der Waals surface area (Å²) in [6.45, 7) is 0. The van der Waals surface area contributed by atoms with Crippen LogP contribution in [0.3, 0.4) is 0 Å². The molecule has 3 nitrogen and oxygen atoms in total. The number of benzene rings is 6. The third-order valence-electron chi connectivity index (χ3n) is 7.85. The van der Waals surface area contributed by atoms with Crippen LogP contribution in [0.5, 0.6) is 0 Å². The summed E-state index contributed by atoms with van der Waals surface area (Å²) in [5, 5.41) is 8.58. The zero-order valence-corrected chi connectivity index (χ0v) is 22.0. The van der Waals surface area contributed by atoms with Gasteiger partial charge in [0.15, 0.2) is 0 Å². The molecule has 8 aromatic rings. The van der Waals surface area contributed by atoms with Crippen molar-refractivity contribution in [2.45, 2.75) is 0 Å². The van der Waals surface area contributed by atoms with E-state index in [0.29, 0.717) is 0 Å². The molecule has 0 saturated heterocycles. The van der Waals surface area contributed by atoms with Crippen molar-refractivity contribution in [1.29, 1.82) is 0 Å². The van der Waals surface area contributed by atoms with Gasteiger partial charge in [-0.05, 0) is 71.4 Å². The van der Waals surface area contributed by atoms with Gasteiger partial charge in [0.2, 0.25) is 7.49 Å². The summed E-state index contributed by atoms with van der Waals surface area (Å²) in [6, 6.07) is 48.0. The zero-order valence-electron chi connectivity index (χ0n) is 21.1. The highest BCUT2D eigenvalue weighted by Gasteiger charge is 2.44. The van der Waals surface area contributed by atoms with E-state index in [4.69, 9.17) is 4.98 Å². The van der Waals surface area contributed by atoms with Gasteiger partial charge in [0.1, 0.15) is 21.6 Å². The summed E-state index contributed by atoms with van der Waals surface area (Å²) in [7, 11) is -2.89. The molecule has 1 N–H and O–H groups in total. The molecule has 0 aliphatic heterocycles. The molecule has 6 aromatic carbocycles. The smallest absolute Gasteiger partial charge is 0.238 e. The maximum Gasteiger partial charge on any atom is 0.238 e. The lowest BCUT2D eigenvalue weighted by Gasteiger charge is -2.21. The number of nitrogens with zero attached hydrogens (tertiary/aromatic N) is 2. The Morgan fingerprint density at radius 2 is 1.18 bits per heavy atom. The van der Waals surface area contributed by atoms with Crippen LogP contribution in [-0.4, -0.2) is 14.3 Å². The summed E-state index contributed by atoms with van der Waals surface area (Å²) in [5.41, 5.74) is 4.09. The first-order valence-corrected chi connectivity index (χ1v) is 14.9. The van der Waals surface area contributed by atoms with Crippen molar-refractivity contribution in [3.8, 4) is 0 Å². The molecular formula is C35H24N2OP+. The normalized spacial score (nSPS) is 12.2. The van der Waals surface area contributed by atoms with Gasteiger partial charge < -0.3 is 0 Å². The number of para-hydroxylation sites is 2. The lowest BCUT2D eigenvalue weighted by atomic mass is 9.99. The van der Waals surface area contributed by atoms with Crippen molar-refractivity contribution in [3.05, 3.63) is 140 Å². The molecule has 0 saturated carbocycles. The Morgan fingerprint density at radius 1 is 0.513 bits per heavy atom. The van der Waals surface area contributed by atoms with Crippen molar-refractivity contribution >= 4 is 72.5 Å². The van der Waals surface area contributed by atoms with Crippen LogP contribution in [0.15, 0.2) is 140 Å². The van der Waals surface area contributed by atoms with Crippen LogP contribution >= 0.6 is 7.49 Å². The first kappa shape index (κ1) is 22.4. The molecule has 0 atom stereocenters. The second kappa shape index (κ2) is 8.47. The molecule has 0 aliphatic carbocycles. The molecule has 184 valence electrons. The van der Waals surface area contributed by atoms with Crippen LogP contribution in [0.4, 0.5) is 0 Å². The molecule has 0 unspecified atom stereocenters. The fourth-order valence-corrected chi connectivity index (χ4v) is 8.76. The minimum absolute atomic E-state index is 0.936. The first-order chi connectivity index (χ1) is 19.2. The minimum Gasteiger partial charge on any atom is -0.292 e. The number of aromatic nitrogens is 2. The molecular weight excluding hydrogens is 495 g/mol. The Labute approximate surface area is 226 Å². The zero-order chi connectivity index (χ0) is 26.0. The minimum atomic E-state index is -2.89. The molecule has 0 amide bonds. The highest BCUT2D eigenvalue weighted by molar-refractivity contribution is 7.91. The van der Waals surface area contributed by atoms with E-state index in [9.17, 15) is 4.89 Å². The van der Waals surface area contributed by atoms with Crippen LogP contribution in [0.2, 0.25) is 0 Å². The van der Waals surface area contributed by atoms with Crippen LogP contribution in [0.1, 0.15) is 0 Å². The van der Waals surface area contributed by atoms with E-state index in [0.717, 1.165) is 48.9 Å². The van der Waals surface area contributed by atoms with Crippen LogP contribution in [0.25, 0.3) is 49.1 Å². The molecule has 4 heteroatoms. The summed E-state index contributed by atoms with van der Waals surface area (Å²) < 4.78 is 2.27. The molecule has 2 aromatic heterocycles. The van der Waals surface area contributed by atoms with Gasteiger partial charge in [-0.2, -0.15) is 0 Å². The third-order valence-corrected chi connectivity index (χ3v) is 11.0. The average molecular weight is 520 g/mol. The predicted octanol–water partition coefficient (Wildman–Crippen LogP) is 7.15. The Balaban J connectivity index is 1.57. The van der Waals surface area contributed by atoms with Crippen LogP contribution in [-0.2, 0) is 0 Å². The van der Waals surface area contributed by atoms with Gasteiger partial charge >= 0.3 is 0 Å². The van der Waals surface area contributed by atoms with Crippen molar-refractivity contribution in [3.63, 3.8) is 0 Å². The number of hydrogen-bond acceptors (Lipinski definition) is 2. The van der Waals surface area contributed by atoms with E-state index in [1.807, 2.05) is 66.7 Å². The van der Waals surface area contributed by atoms with Gasteiger partial charge in [-0.25, -0.2) is 9.88 Å². The molecule has 8 rings (SSSR count). The van der Waals surface area contributed by atoms with Gasteiger partial charge in [0, 0.05) is 16.2 Å². The summed E-state index contributed by atoms with van der Waals surface area (Å²) in [5.74, 6) is 0. The van der Waals surface area contributed by atoms with Crippen LogP contribution in [0, 0.1) is 0 Å². The van der Waals surface area contributed by atoms with E-state index >= 15 is 0 Å². The fraction of sp³-hybridized carbons (Fsp3) is 0. The maximum absolute atomic E-state index is 12.7. The number of imidazole rings is 1. The Hall–Kier alpha value is -4.56. The molecule has 0 spiro atoms. The largest absolute Gasteiger partial charge is 0.292 e. The van der Waals surface area contributed by atoms with Crippen molar-refractivity contribution in [1.82, 2.24) is 9.38 Å². The van der Waals surface area contributed by atoms with E-state index in [1.54, 1.807) is 0 Å². The molecule has 0 radical (unpaired) electrons. The number of hydrogen-bond donors (Lipinski definition) is 1. The lowest BCUT2D eigenvalue weighted by molar-refractivity contribution is 0.633. The standard InChI is InChI=1S/C35H24N2OP/c38-39(25-12-3-1-4-13-25,26-14-5-2-6-15-26)27-20-22-32-30(23-27)34-28-16-8-7-11-24(28)19-21-29(34)35-36-31-17-9-10-18-33(31)37(32)35/h1-23,38H/q+1. The van der Waals surface area contributed by atoms with Gasteiger partial charge in [-0.15, -0.1) is 0 Å². The van der Waals surface area contributed by atoms with Gasteiger partial charge in [0.05, 0.1) is 16.6 Å².